The number of rotatable bonds is 6. The van der Waals surface area contributed by atoms with Crippen LogP contribution in [0.3, 0.4) is 0 Å². The molecule has 0 radical (unpaired) electrons. The summed E-state index contributed by atoms with van der Waals surface area (Å²) in [6, 6.07) is 11.2. The lowest BCUT2D eigenvalue weighted by Crippen LogP contribution is -2.27. The number of sulfonamides is 1. The third kappa shape index (κ3) is 3.59. The van der Waals surface area contributed by atoms with Gasteiger partial charge in [0.15, 0.2) is 0 Å². The van der Waals surface area contributed by atoms with Gasteiger partial charge in [0.1, 0.15) is 4.90 Å². The molecule has 1 heterocycles. The van der Waals surface area contributed by atoms with Gasteiger partial charge in [0.2, 0.25) is 10.0 Å². The summed E-state index contributed by atoms with van der Waals surface area (Å²) in [7, 11) is -2.01. The summed E-state index contributed by atoms with van der Waals surface area (Å²) in [5.74, 6) is 0. The van der Waals surface area contributed by atoms with Crippen molar-refractivity contribution in [1.82, 2.24) is 9.29 Å². The molecule has 0 spiro atoms. The highest BCUT2D eigenvalue weighted by Crippen LogP contribution is 2.23. The quantitative estimate of drug-likeness (QED) is 0.890. The van der Waals surface area contributed by atoms with Crippen molar-refractivity contribution in [2.75, 3.05) is 18.9 Å². The molecule has 2 rings (SSSR count). The third-order valence-corrected chi connectivity index (χ3v) is 4.92. The first-order valence-corrected chi connectivity index (χ1v) is 8.18. The van der Waals surface area contributed by atoms with Crippen molar-refractivity contribution >= 4 is 15.7 Å². The van der Waals surface area contributed by atoms with Gasteiger partial charge in [-0.2, -0.15) is 4.31 Å². The lowest BCUT2D eigenvalue weighted by molar-refractivity contribution is 0.466. The van der Waals surface area contributed by atoms with Crippen molar-refractivity contribution < 1.29 is 8.42 Å². The van der Waals surface area contributed by atoms with Crippen molar-refractivity contribution in [3.8, 4) is 0 Å². The first-order valence-electron chi connectivity index (χ1n) is 6.74. The molecule has 0 amide bonds. The molecular weight excluding hydrogens is 286 g/mol. The Bertz CT molecular complexity index is 687. The van der Waals surface area contributed by atoms with Gasteiger partial charge in [-0.15, -0.1) is 0 Å². The van der Waals surface area contributed by atoms with Crippen molar-refractivity contribution in [3.05, 3.63) is 54.4 Å². The van der Waals surface area contributed by atoms with E-state index < -0.39 is 10.0 Å². The van der Waals surface area contributed by atoms with Crippen molar-refractivity contribution in [1.29, 1.82) is 0 Å². The zero-order valence-corrected chi connectivity index (χ0v) is 13.0. The Morgan fingerprint density at radius 3 is 2.57 bits per heavy atom. The molecule has 6 heteroatoms. The van der Waals surface area contributed by atoms with Crippen LogP contribution in [0.5, 0.6) is 0 Å². The van der Waals surface area contributed by atoms with Gasteiger partial charge in [-0.05, 0) is 18.6 Å². The van der Waals surface area contributed by atoms with Gasteiger partial charge >= 0.3 is 0 Å². The molecule has 0 unspecified atom stereocenters. The van der Waals surface area contributed by atoms with E-state index in [1.54, 1.807) is 19.3 Å². The second-order valence-corrected chi connectivity index (χ2v) is 6.66. The fourth-order valence-corrected chi connectivity index (χ4v) is 3.28. The highest BCUT2D eigenvalue weighted by Gasteiger charge is 2.24. The number of benzene rings is 1. The van der Waals surface area contributed by atoms with E-state index in [0.717, 1.165) is 5.56 Å². The molecule has 0 aliphatic carbocycles. The monoisotopic (exact) mass is 305 g/mol. The molecule has 0 saturated carbocycles. The van der Waals surface area contributed by atoms with E-state index in [1.807, 2.05) is 37.3 Å². The van der Waals surface area contributed by atoms with Crippen LogP contribution in [0.4, 0.5) is 5.69 Å². The van der Waals surface area contributed by atoms with E-state index in [1.165, 1.54) is 10.5 Å². The molecule has 0 atom stereocenters. The summed E-state index contributed by atoms with van der Waals surface area (Å²) in [6.45, 7) is 2.89. The summed E-state index contributed by atoms with van der Waals surface area (Å²) in [5.41, 5.74) is 1.52. The van der Waals surface area contributed by atoms with Crippen LogP contribution in [-0.2, 0) is 16.6 Å². The Morgan fingerprint density at radius 1 is 1.19 bits per heavy atom. The molecule has 2 aromatic rings. The van der Waals surface area contributed by atoms with Crippen molar-refractivity contribution in [3.63, 3.8) is 0 Å². The smallest absolute Gasteiger partial charge is 0.246 e. The molecule has 1 aromatic carbocycles. The van der Waals surface area contributed by atoms with Gasteiger partial charge in [0.05, 0.1) is 5.69 Å². The third-order valence-electron chi connectivity index (χ3n) is 3.09. The van der Waals surface area contributed by atoms with Gasteiger partial charge < -0.3 is 5.32 Å². The van der Waals surface area contributed by atoms with Gasteiger partial charge in [-0.25, -0.2) is 8.42 Å². The van der Waals surface area contributed by atoms with E-state index >= 15 is 0 Å². The summed E-state index contributed by atoms with van der Waals surface area (Å²) in [6.07, 6.45) is 2.96. The number of aromatic nitrogens is 1. The van der Waals surface area contributed by atoms with Crippen LogP contribution >= 0.6 is 0 Å². The standard InChI is InChI=1S/C15H19N3O2S/c1-3-17-14-9-10-16-11-15(14)21(19,20)18(2)12-13-7-5-4-6-8-13/h4-11H,3,12H2,1-2H3,(H,16,17). The molecule has 112 valence electrons. The molecule has 5 nitrogen and oxygen atoms in total. The van der Waals surface area contributed by atoms with Crippen molar-refractivity contribution in [2.24, 2.45) is 0 Å². The zero-order chi connectivity index (χ0) is 15.3. The largest absolute Gasteiger partial charge is 0.384 e. The van der Waals surface area contributed by atoms with E-state index in [4.69, 9.17) is 0 Å². The minimum Gasteiger partial charge on any atom is -0.384 e. The van der Waals surface area contributed by atoms with Gasteiger partial charge in [0.25, 0.3) is 0 Å². The molecule has 0 fully saturated rings. The Morgan fingerprint density at radius 2 is 1.90 bits per heavy atom. The highest BCUT2D eigenvalue weighted by molar-refractivity contribution is 7.89. The fraction of sp³-hybridized carbons (Fsp3) is 0.267. The predicted octanol–water partition coefficient (Wildman–Crippen LogP) is 2.33. The van der Waals surface area contributed by atoms with Crippen LogP contribution in [0.2, 0.25) is 0 Å². The van der Waals surface area contributed by atoms with Crippen LogP contribution < -0.4 is 5.32 Å². The molecule has 0 bridgehead atoms. The second-order valence-electron chi connectivity index (χ2n) is 4.65. The van der Waals surface area contributed by atoms with E-state index in [-0.39, 0.29) is 4.90 Å². The molecule has 1 aromatic heterocycles. The lowest BCUT2D eigenvalue weighted by atomic mass is 10.2. The minimum atomic E-state index is -3.58. The van der Waals surface area contributed by atoms with Crippen LogP contribution in [-0.4, -0.2) is 31.3 Å². The maximum absolute atomic E-state index is 12.7. The van der Waals surface area contributed by atoms with Crippen LogP contribution in [0.15, 0.2) is 53.7 Å². The summed E-state index contributed by atoms with van der Waals surface area (Å²) < 4.78 is 26.7. The van der Waals surface area contributed by atoms with E-state index in [9.17, 15) is 8.42 Å². The average Bonchev–Trinajstić information content (AvgIpc) is 2.49. The Balaban J connectivity index is 2.29. The van der Waals surface area contributed by atoms with Gasteiger partial charge in [-0.1, -0.05) is 30.3 Å². The number of pyridine rings is 1. The van der Waals surface area contributed by atoms with Crippen LogP contribution in [0.25, 0.3) is 0 Å². The lowest BCUT2D eigenvalue weighted by Gasteiger charge is -2.19. The highest BCUT2D eigenvalue weighted by atomic mass is 32.2. The maximum Gasteiger partial charge on any atom is 0.246 e. The Kier molecular flexibility index (Phi) is 4.93. The molecule has 0 aliphatic rings. The first kappa shape index (κ1) is 15.5. The molecule has 0 saturated heterocycles. The van der Waals surface area contributed by atoms with E-state index in [0.29, 0.717) is 18.8 Å². The number of nitrogens with zero attached hydrogens (tertiary/aromatic N) is 2. The first-order chi connectivity index (χ1) is 10.1. The summed E-state index contributed by atoms with van der Waals surface area (Å²) in [4.78, 5) is 4.14. The predicted molar refractivity (Wildman–Crippen MR) is 83.5 cm³/mol. The van der Waals surface area contributed by atoms with E-state index in [2.05, 4.69) is 10.3 Å². The number of anilines is 1. The normalized spacial score (nSPS) is 11.6. The molecule has 21 heavy (non-hydrogen) atoms. The Labute approximate surface area is 125 Å². The van der Waals surface area contributed by atoms with Crippen molar-refractivity contribution in [2.45, 2.75) is 18.4 Å². The topological polar surface area (TPSA) is 62.3 Å². The summed E-state index contributed by atoms with van der Waals surface area (Å²) >= 11 is 0. The average molecular weight is 305 g/mol. The summed E-state index contributed by atoms with van der Waals surface area (Å²) in [5, 5.41) is 3.06. The zero-order valence-electron chi connectivity index (χ0n) is 12.2. The SMILES string of the molecule is CCNc1ccncc1S(=O)(=O)N(C)Cc1ccccc1. The molecule has 0 aliphatic heterocycles. The van der Waals surface area contributed by atoms with Gasteiger partial charge in [0, 0.05) is 32.5 Å². The molecule has 1 N–H and O–H groups in total. The Hall–Kier alpha value is -1.92. The number of nitrogens with one attached hydrogen (secondary N) is 1. The second kappa shape index (κ2) is 6.69. The molecular formula is C15H19N3O2S. The fourth-order valence-electron chi connectivity index (χ4n) is 2.02. The van der Waals surface area contributed by atoms with Crippen LogP contribution in [0.1, 0.15) is 12.5 Å². The number of hydrogen-bond acceptors (Lipinski definition) is 4. The number of hydrogen-bond donors (Lipinski definition) is 1. The minimum absolute atomic E-state index is 0.199. The van der Waals surface area contributed by atoms with Crippen LogP contribution in [0, 0.1) is 0 Å². The maximum atomic E-state index is 12.7. The van der Waals surface area contributed by atoms with Gasteiger partial charge in [-0.3, -0.25) is 4.98 Å².